The molecule has 3 heterocycles. The third-order valence-corrected chi connectivity index (χ3v) is 4.38. The highest BCUT2D eigenvalue weighted by atomic mass is 35.5. The molecule has 1 aliphatic rings. The molecule has 0 spiro atoms. The average Bonchev–Trinajstić information content (AvgIpc) is 3.31. The first-order chi connectivity index (χ1) is 12.3. The van der Waals surface area contributed by atoms with E-state index in [1.807, 2.05) is 47.4 Å². The fourth-order valence-electron chi connectivity index (χ4n) is 3.08. The minimum atomic E-state index is -0.373. The largest absolute Gasteiger partial charge is 0.354 e. The maximum atomic E-state index is 12.4. The molecule has 9 heteroatoms. The maximum absolute atomic E-state index is 12.4. The molecule has 1 atom stereocenters. The maximum Gasteiger partial charge on any atom is 0.243 e. The SMILES string of the molecule is Cl.Cl.O=C(NCCc1cnn(-c2ccccc2)c1)C1NCCc2[nH]cnc21. The molecule has 2 aromatic heterocycles. The van der Waals surface area contributed by atoms with Gasteiger partial charge >= 0.3 is 0 Å². The normalized spacial score (nSPS) is 15.2. The molecule has 144 valence electrons. The molecule has 0 aliphatic carbocycles. The van der Waals surface area contributed by atoms with Crippen molar-refractivity contribution < 1.29 is 4.79 Å². The van der Waals surface area contributed by atoms with Crippen LogP contribution in [-0.4, -0.2) is 38.7 Å². The summed E-state index contributed by atoms with van der Waals surface area (Å²) in [4.78, 5) is 19.8. The van der Waals surface area contributed by atoms with E-state index in [0.717, 1.165) is 42.0 Å². The highest BCUT2D eigenvalue weighted by Gasteiger charge is 2.27. The van der Waals surface area contributed by atoms with Crippen molar-refractivity contribution in [1.82, 2.24) is 30.4 Å². The molecule has 1 unspecified atom stereocenters. The number of hydrogen-bond acceptors (Lipinski definition) is 4. The first-order valence-corrected chi connectivity index (χ1v) is 8.43. The van der Waals surface area contributed by atoms with E-state index in [1.54, 1.807) is 6.33 Å². The summed E-state index contributed by atoms with van der Waals surface area (Å²) in [7, 11) is 0. The van der Waals surface area contributed by atoms with Gasteiger partial charge in [-0.2, -0.15) is 5.10 Å². The van der Waals surface area contributed by atoms with E-state index < -0.39 is 0 Å². The number of aromatic nitrogens is 4. The molecule has 0 radical (unpaired) electrons. The van der Waals surface area contributed by atoms with Gasteiger partial charge in [0.25, 0.3) is 0 Å². The Morgan fingerprint density at radius 1 is 1.26 bits per heavy atom. The van der Waals surface area contributed by atoms with Gasteiger partial charge in [0.05, 0.1) is 23.9 Å². The third kappa shape index (κ3) is 4.68. The van der Waals surface area contributed by atoms with Crippen LogP contribution in [0.15, 0.2) is 49.1 Å². The molecule has 1 aromatic carbocycles. The van der Waals surface area contributed by atoms with Crippen LogP contribution in [0.2, 0.25) is 0 Å². The fraction of sp³-hybridized carbons (Fsp3) is 0.278. The van der Waals surface area contributed by atoms with E-state index in [2.05, 4.69) is 25.7 Å². The van der Waals surface area contributed by atoms with Gasteiger partial charge in [-0.1, -0.05) is 18.2 Å². The molecule has 3 N–H and O–H groups in total. The zero-order valence-electron chi connectivity index (χ0n) is 14.6. The predicted molar refractivity (Wildman–Crippen MR) is 108 cm³/mol. The van der Waals surface area contributed by atoms with Crippen molar-refractivity contribution in [1.29, 1.82) is 0 Å². The van der Waals surface area contributed by atoms with Gasteiger partial charge in [-0.3, -0.25) is 4.79 Å². The van der Waals surface area contributed by atoms with Crippen LogP contribution in [0.3, 0.4) is 0 Å². The van der Waals surface area contributed by atoms with Gasteiger partial charge in [-0.25, -0.2) is 9.67 Å². The molecule has 7 nitrogen and oxygen atoms in total. The van der Waals surface area contributed by atoms with Crippen LogP contribution in [-0.2, 0) is 17.6 Å². The number of hydrogen-bond donors (Lipinski definition) is 3. The number of rotatable bonds is 5. The van der Waals surface area contributed by atoms with Crippen LogP contribution >= 0.6 is 24.8 Å². The van der Waals surface area contributed by atoms with E-state index in [-0.39, 0.29) is 36.8 Å². The number of carbonyl (C=O) groups is 1. The second kappa shape index (κ2) is 9.55. The number of halogens is 2. The summed E-state index contributed by atoms with van der Waals surface area (Å²) >= 11 is 0. The smallest absolute Gasteiger partial charge is 0.243 e. The first kappa shape index (κ1) is 21.0. The van der Waals surface area contributed by atoms with Gasteiger partial charge in [0.15, 0.2) is 0 Å². The van der Waals surface area contributed by atoms with Crippen molar-refractivity contribution in [3.8, 4) is 5.69 Å². The number of fused-ring (bicyclic) bond motifs is 1. The summed E-state index contributed by atoms with van der Waals surface area (Å²) in [5, 5.41) is 10.6. The molecule has 27 heavy (non-hydrogen) atoms. The Hall–Kier alpha value is -2.35. The lowest BCUT2D eigenvalue weighted by Gasteiger charge is -2.22. The molecular weight excluding hydrogens is 387 g/mol. The van der Waals surface area contributed by atoms with Gasteiger partial charge in [0.1, 0.15) is 6.04 Å². The van der Waals surface area contributed by atoms with Crippen LogP contribution in [0.5, 0.6) is 0 Å². The Labute approximate surface area is 169 Å². The van der Waals surface area contributed by atoms with Crippen molar-refractivity contribution in [2.45, 2.75) is 18.9 Å². The summed E-state index contributed by atoms with van der Waals surface area (Å²) in [6.07, 6.45) is 7.09. The fourth-order valence-corrected chi connectivity index (χ4v) is 3.08. The average molecular weight is 409 g/mol. The van der Waals surface area contributed by atoms with E-state index in [0.29, 0.717) is 6.54 Å². The van der Waals surface area contributed by atoms with Gasteiger partial charge < -0.3 is 15.6 Å². The molecule has 0 saturated heterocycles. The van der Waals surface area contributed by atoms with E-state index in [4.69, 9.17) is 0 Å². The van der Waals surface area contributed by atoms with Crippen molar-refractivity contribution in [2.24, 2.45) is 0 Å². The van der Waals surface area contributed by atoms with Gasteiger partial charge in [-0.15, -0.1) is 24.8 Å². The highest BCUT2D eigenvalue weighted by molar-refractivity contribution is 5.85. The number of nitrogens with one attached hydrogen (secondary N) is 3. The molecular formula is C18H22Cl2N6O. The molecule has 0 bridgehead atoms. The van der Waals surface area contributed by atoms with Crippen molar-refractivity contribution >= 4 is 30.7 Å². The Morgan fingerprint density at radius 2 is 2.07 bits per heavy atom. The molecule has 0 fully saturated rings. The zero-order chi connectivity index (χ0) is 17.1. The van der Waals surface area contributed by atoms with E-state index >= 15 is 0 Å². The summed E-state index contributed by atoms with van der Waals surface area (Å²) in [6, 6.07) is 9.59. The summed E-state index contributed by atoms with van der Waals surface area (Å²) < 4.78 is 1.84. The first-order valence-electron chi connectivity index (χ1n) is 8.43. The second-order valence-corrected chi connectivity index (χ2v) is 6.07. The van der Waals surface area contributed by atoms with Crippen molar-refractivity contribution in [3.05, 3.63) is 66.0 Å². The van der Waals surface area contributed by atoms with Crippen LogP contribution in [0, 0.1) is 0 Å². The van der Waals surface area contributed by atoms with Crippen LogP contribution in [0.1, 0.15) is 23.0 Å². The zero-order valence-corrected chi connectivity index (χ0v) is 16.2. The van der Waals surface area contributed by atoms with Crippen LogP contribution in [0.4, 0.5) is 0 Å². The Bertz CT molecular complexity index is 864. The number of H-pyrrole nitrogens is 1. The standard InChI is InChI=1S/C18H20N6O.2ClH/c25-18(17-16-15(7-9-19-17)21-12-22-16)20-8-6-13-10-23-24(11-13)14-4-2-1-3-5-14;;/h1-5,10-12,17,19H,6-9H2,(H,20,25)(H,21,22);2*1H. The molecule has 0 saturated carbocycles. The third-order valence-electron chi connectivity index (χ3n) is 4.38. The molecule has 4 rings (SSSR count). The Kier molecular flexibility index (Phi) is 7.41. The lowest BCUT2D eigenvalue weighted by atomic mass is 10.0. The van der Waals surface area contributed by atoms with Crippen LogP contribution in [0.25, 0.3) is 5.69 Å². The Morgan fingerprint density at radius 3 is 2.89 bits per heavy atom. The van der Waals surface area contributed by atoms with Gasteiger partial charge in [0.2, 0.25) is 5.91 Å². The lowest BCUT2D eigenvalue weighted by Crippen LogP contribution is -2.42. The monoisotopic (exact) mass is 408 g/mol. The number of nitrogens with zero attached hydrogens (tertiary/aromatic N) is 3. The number of aromatic amines is 1. The summed E-state index contributed by atoms with van der Waals surface area (Å²) in [5.74, 6) is -0.0384. The van der Waals surface area contributed by atoms with Crippen molar-refractivity contribution in [3.63, 3.8) is 0 Å². The summed E-state index contributed by atoms with van der Waals surface area (Å²) in [5.41, 5.74) is 3.96. The molecule has 3 aromatic rings. The number of para-hydroxylation sites is 1. The number of carbonyl (C=O) groups excluding carboxylic acids is 1. The van der Waals surface area contributed by atoms with E-state index in [1.165, 1.54) is 0 Å². The topological polar surface area (TPSA) is 87.6 Å². The minimum absolute atomic E-state index is 0. The van der Waals surface area contributed by atoms with Crippen molar-refractivity contribution in [2.75, 3.05) is 13.1 Å². The minimum Gasteiger partial charge on any atom is -0.354 e. The lowest BCUT2D eigenvalue weighted by molar-refractivity contribution is -0.123. The number of amides is 1. The molecule has 1 amide bonds. The highest BCUT2D eigenvalue weighted by Crippen LogP contribution is 2.19. The molecule has 1 aliphatic heterocycles. The quantitative estimate of drug-likeness (QED) is 0.602. The summed E-state index contributed by atoms with van der Waals surface area (Å²) in [6.45, 7) is 1.34. The second-order valence-electron chi connectivity index (χ2n) is 6.07. The van der Waals surface area contributed by atoms with Gasteiger partial charge in [0, 0.05) is 31.4 Å². The van der Waals surface area contributed by atoms with E-state index in [9.17, 15) is 4.79 Å². The number of imidazole rings is 1. The Balaban J connectivity index is 0.00000131. The number of benzene rings is 1. The van der Waals surface area contributed by atoms with Gasteiger partial charge in [-0.05, 0) is 24.1 Å². The van der Waals surface area contributed by atoms with Crippen LogP contribution < -0.4 is 10.6 Å². The predicted octanol–water partition coefficient (Wildman–Crippen LogP) is 1.98.